The van der Waals surface area contributed by atoms with Crippen molar-refractivity contribution in [3.63, 3.8) is 0 Å². The fourth-order valence-electron chi connectivity index (χ4n) is 16.4. The SMILES string of the molecule is CC(=O)O[C@@H]1CC[C@@]2(C)C(=C[C@@H]([C@H]3C=C4C[C@H](OC(C)=O)CC[C@@]4(C)C4=C3[C@H]3CC[C@H]([C@@H](C)/C=C\[C@@H](C)C(C)C)[C@]3(C)CC4)C3=C2CC[C@@]2(C)[C@@H]([C@H](C)/C=C\[C@H](C)C(C)C)CC[C@@H]32)C1. The maximum atomic E-state index is 12.5. The summed E-state index contributed by atoms with van der Waals surface area (Å²) < 4.78 is 12.2. The third-order valence-electron chi connectivity index (χ3n) is 21.0. The maximum Gasteiger partial charge on any atom is 0.302 e. The van der Waals surface area contributed by atoms with Gasteiger partial charge in [-0.2, -0.15) is 0 Å². The molecule has 0 spiro atoms. The molecule has 0 N–H and O–H groups in total. The number of carbonyl (C=O) groups is 2. The molecule has 4 saturated carbocycles. The Morgan fingerprint density at radius 3 is 1.27 bits per heavy atom. The van der Waals surface area contributed by atoms with Gasteiger partial charge in [0.15, 0.2) is 0 Å². The summed E-state index contributed by atoms with van der Waals surface area (Å²) >= 11 is 0. The molecule has 8 aliphatic carbocycles. The Labute approximate surface area is 391 Å². The van der Waals surface area contributed by atoms with E-state index in [4.69, 9.17) is 9.47 Å². The quantitative estimate of drug-likeness (QED) is 0.153. The van der Waals surface area contributed by atoms with Gasteiger partial charge >= 0.3 is 11.9 Å². The summed E-state index contributed by atoms with van der Waals surface area (Å²) in [6, 6.07) is 0. The van der Waals surface area contributed by atoms with Crippen LogP contribution in [-0.2, 0) is 19.1 Å². The van der Waals surface area contributed by atoms with Gasteiger partial charge in [-0.1, -0.05) is 153 Å². The number of allylic oxidation sites excluding steroid dienone is 10. The van der Waals surface area contributed by atoms with Crippen molar-refractivity contribution >= 4 is 11.9 Å². The number of rotatable bonds is 11. The zero-order chi connectivity index (χ0) is 46.3. The van der Waals surface area contributed by atoms with Crippen LogP contribution in [0.25, 0.3) is 0 Å². The molecule has 0 saturated heterocycles. The van der Waals surface area contributed by atoms with Crippen molar-refractivity contribution in [2.24, 2.45) is 92.7 Å². The fourth-order valence-corrected chi connectivity index (χ4v) is 16.4. The van der Waals surface area contributed by atoms with Gasteiger partial charge in [0, 0.05) is 49.4 Å². The summed E-state index contributed by atoms with van der Waals surface area (Å²) in [6.07, 6.45) is 31.6. The highest BCUT2D eigenvalue weighted by molar-refractivity contribution is 5.66. The number of fused-ring (bicyclic) bond motifs is 8. The van der Waals surface area contributed by atoms with Gasteiger partial charge in [-0.05, 0) is 147 Å². The van der Waals surface area contributed by atoms with Gasteiger partial charge in [-0.3, -0.25) is 9.59 Å². The highest BCUT2D eigenvalue weighted by Gasteiger charge is 2.61. The van der Waals surface area contributed by atoms with E-state index in [0.717, 1.165) is 38.5 Å². The molecule has 0 aliphatic heterocycles. The van der Waals surface area contributed by atoms with E-state index in [9.17, 15) is 9.59 Å². The van der Waals surface area contributed by atoms with Gasteiger partial charge in [0.2, 0.25) is 0 Å². The average Bonchev–Trinajstić information content (AvgIpc) is 3.78. The predicted octanol–water partition coefficient (Wildman–Crippen LogP) is 15.6. The molecule has 4 nitrogen and oxygen atoms in total. The van der Waals surface area contributed by atoms with Crippen molar-refractivity contribution < 1.29 is 19.1 Å². The molecule has 16 atom stereocenters. The fraction of sp³-hybridized carbons (Fsp3) is 0.767. The first-order chi connectivity index (χ1) is 30.1. The molecule has 0 heterocycles. The lowest BCUT2D eigenvalue weighted by molar-refractivity contribution is -0.148. The number of carbonyl (C=O) groups excluding carboxylic acids is 2. The van der Waals surface area contributed by atoms with Crippen LogP contribution < -0.4 is 0 Å². The summed E-state index contributed by atoms with van der Waals surface area (Å²) in [7, 11) is 0. The molecule has 0 aromatic heterocycles. The Kier molecular flexibility index (Phi) is 13.3. The van der Waals surface area contributed by atoms with Crippen LogP contribution in [0.3, 0.4) is 0 Å². The Bertz CT molecular complexity index is 1860. The third kappa shape index (κ3) is 8.17. The summed E-state index contributed by atoms with van der Waals surface area (Å²) in [5, 5.41) is 0. The van der Waals surface area contributed by atoms with Crippen molar-refractivity contribution in [1.29, 1.82) is 0 Å². The number of ether oxygens (including phenoxy) is 2. The zero-order valence-corrected chi connectivity index (χ0v) is 43.1. The van der Waals surface area contributed by atoms with Crippen molar-refractivity contribution in [3.8, 4) is 0 Å². The van der Waals surface area contributed by atoms with Crippen LogP contribution in [0.4, 0.5) is 0 Å². The average molecular weight is 875 g/mol. The lowest BCUT2D eigenvalue weighted by Gasteiger charge is -2.58. The van der Waals surface area contributed by atoms with E-state index in [0.29, 0.717) is 71.0 Å². The van der Waals surface area contributed by atoms with Crippen molar-refractivity contribution in [1.82, 2.24) is 0 Å². The molecule has 0 bridgehead atoms. The van der Waals surface area contributed by atoms with Gasteiger partial charge in [0.25, 0.3) is 0 Å². The summed E-state index contributed by atoms with van der Waals surface area (Å²) in [6.45, 7) is 33.0. The van der Waals surface area contributed by atoms with E-state index in [1.54, 1.807) is 36.1 Å². The van der Waals surface area contributed by atoms with Crippen LogP contribution in [-0.4, -0.2) is 24.1 Å². The van der Waals surface area contributed by atoms with Crippen LogP contribution in [0.2, 0.25) is 0 Å². The van der Waals surface area contributed by atoms with Gasteiger partial charge < -0.3 is 9.47 Å². The Balaban J connectivity index is 1.26. The van der Waals surface area contributed by atoms with Crippen molar-refractivity contribution in [2.45, 2.75) is 199 Å². The molecule has 354 valence electrons. The van der Waals surface area contributed by atoms with E-state index < -0.39 is 0 Å². The van der Waals surface area contributed by atoms with Gasteiger partial charge in [-0.25, -0.2) is 0 Å². The topological polar surface area (TPSA) is 52.6 Å². The number of esters is 2. The van der Waals surface area contributed by atoms with Gasteiger partial charge in [0.05, 0.1) is 0 Å². The molecule has 8 rings (SSSR count). The Morgan fingerprint density at radius 2 is 0.922 bits per heavy atom. The molecule has 0 unspecified atom stereocenters. The molecule has 0 radical (unpaired) electrons. The molecular weight excluding hydrogens is 785 g/mol. The standard InChI is InChI=1S/C60H90O4/c1-35(2)37(5)15-17-39(7)49-19-21-51-55-47(33-43-31-45(63-41(9)61)23-27-57(43,11)53(55)25-29-59(49,51)13)48-34-44-32-46(64-42(10)62)24-28-58(44,12)54-26-30-60(14)50(20-22-52(60)56(48)54)40(8)18-16-38(6)36(3)4/h15-18,33-40,45-52H,19-32H2,1-14H3/b17-15-,18-16-/t37-,38+,39+,40-,45-,46-,47-,48+,49-,50-,51-,52+,57-,58+,59+,60+/m1/s1. The zero-order valence-electron chi connectivity index (χ0n) is 43.1. The molecular formula is C60H90O4. The largest absolute Gasteiger partial charge is 0.462 e. The highest BCUT2D eigenvalue weighted by atomic mass is 16.5. The third-order valence-corrected chi connectivity index (χ3v) is 21.0. The first-order valence-electron chi connectivity index (χ1n) is 26.7. The molecule has 0 aromatic rings. The minimum atomic E-state index is -0.149. The summed E-state index contributed by atoms with van der Waals surface area (Å²) in [5.41, 5.74) is 10.8. The smallest absolute Gasteiger partial charge is 0.302 e. The number of hydrogen-bond acceptors (Lipinski definition) is 4. The molecule has 64 heavy (non-hydrogen) atoms. The molecule has 0 aromatic carbocycles. The normalized spacial score (nSPS) is 41.4. The highest BCUT2D eigenvalue weighted by Crippen LogP contribution is 2.71. The first-order valence-corrected chi connectivity index (χ1v) is 26.7. The monoisotopic (exact) mass is 875 g/mol. The molecule has 4 heteroatoms. The molecule has 8 aliphatic rings. The van der Waals surface area contributed by atoms with Crippen LogP contribution in [0.1, 0.15) is 187 Å². The second-order valence-corrected chi connectivity index (χ2v) is 25.1. The van der Waals surface area contributed by atoms with E-state index in [-0.39, 0.29) is 45.8 Å². The van der Waals surface area contributed by atoms with E-state index in [1.165, 1.54) is 51.4 Å². The van der Waals surface area contributed by atoms with Crippen molar-refractivity contribution in [2.75, 3.05) is 0 Å². The van der Waals surface area contributed by atoms with Crippen LogP contribution in [0.5, 0.6) is 0 Å². The Hall–Kier alpha value is -2.62. The Morgan fingerprint density at radius 1 is 0.547 bits per heavy atom. The minimum absolute atomic E-state index is 0.0212. The lowest BCUT2D eigenvalue weighted by Crippen LogP contribution is -2.48. The van der Waals surface area contributed by atoms with Crippen molar-refractivity contribution in [3.05, 3.63) is 69.9 Å². The minimum Gasteiger partial charge on any atom is -0.462 e. The van der Waals surface area contributed by atoms with Crippen LogP contribution in [0, 0.1) is 92.7 Å². The van der Waals surface area contributed by atoms with Gasteiger partial charge in [0.1, 0.15) is 12.2 Å². The van der Waals surface area contributed by atoms with E-state index >= 15 is 0 Å². The lowest BCUT2D eigenvalue weighted by atomic mass is 9.47. The van der Waals surface area contributed by atoms with Crippen LogP contribution in [0.15, 0.2) is 69.9 Å². The van der Waals surface area contributed by atoms with Crippen LogP contribution >= 0.6 is 0 Å². The summed E-state index contributed by atoms with van der Waals surface area (Å²) in [4.78, 5) is 25.0. The summed E-state index contributed by atoms with van der Waals surface area (Å²) in [5.74, 6) is 6.39. The molecule has 0 amide bonds. The first kappa shape index (κ1) is 47.9. The van der Waals surface area contributed by atoms with E-state index in [2.05, 4.69) is 120 Å². The maximum absolute atomic E-state index is 12.5. The predicted molar refractivity (Wildman–Crippen MR) is 264 cm³/mol. The second-order valence-electron chi connectivity index (χ2n) is 25.1. The van der Waals surface area contributed by atoms with E-state index in [1.807, 2.05) is 11.1 Å². The molecule has 4 fully saturated rings. The van der Waals surface area contributed by atoms with Gasteiger partial charge in [-0.15, -0.1) is 0 Å². The second kappa shape index (κ2) is 17.8. The number of hydrogen-bond donors (Lipinski definition) is 0.